The van der Waals surface area contributed by atoms with E-state index in [1.165, 1.54) is 6.20 Å². The fraction of sp³-hybridized carbons (Fsp3) is 0.625. The Morgan fingerprint density at radius 1 is 0.960 bits per heavy atom. The molecule has 1 aromatic rings. The predicted molar refractivity (Wildman–Crippen MR) is 99.8 cm³/mol. The third-order valence-electron chi connectivity index (χ3n) is 2.60. The van der Waals surface area contributed by atoms with Crippen molar-refractivity contribution >= 4 is 35.2 Å². The smallest absolute Gasteiger partial charge is 0.239 e. The fourth-order valence-electron chi connectivity index (χ4n) is 1.82. The van der Waals surface area contributed by atoms with Gasteiger partial charge in [0.15, 0.2) is 5.82 Å². The molecule has 0 aliphatic carbocycles. The lowest BCUT2D eigenvalue weighted by Crippen LogP contribution is -2.43. The van der Waals surface area contributed by atoms with Gasteiger partial charge in [-0.15, -0.1) is 0 Å². The van der Waals surface area contributed by atoms with Crippen molar-refractivity contribution in [1.29, 1.82) is 0 Å². The van der Waals surface area contributed by atoms with Crippen LogP contribution in [0, 0.1) is 0 Å². The Kier molecular flexibility index (Phi) is 6.98. The van der Waals surface area contributed by atoms with Crippen LogP contribution in [0.2, 0.25) is 5.02 Å². The lowest BCUT2D eigenvalue weighted by Gasteiger charge is -2.21. The summed E-state index contributed by atoms with van der Waals surface area (Å²) in [4.78, 5) is 31.9. The molecular weight excluding hydrogens is 344 g/mol. The molecule has 0 bridgehead atoms. The number of nitrogens with one attached hydrogen (secondary N) is 4. The molecule has 140 valence electrons. The van der Waals surface area contributed by atoms with Gasteiger partial charge < -0.3 is 21.3 Å². The molecule has 0 radical (unpaired) electrons. The van der Waals surface area contributed by atoms with Crippen LogP contribution in [0.25, 0.3) is 0 Å². The highest BCUT2D eigenvalue weighted by molar-refractivity contribution is 6.32. The summed E-state index contributed by atoms with van der Waals surface area (Å²) in [5.41, 5.74) is -0.631. The molecule has 1 aromatic heterocycles. The van der Waals surface area contributed by atoms with Gasteiger partial charge in [0.2, 0.25) is 17.8 Å². The van der Waals surface area contributed by atoms with Gasteiger partial charge in [-0.3, -0.25) is 9.59 Å². The number of carbonyl (C=O) groups is 2. The molecule has 0 saturated heterocycles. The fourth-order valence-corrected chi connectivity index (χ4v) is 1.98. The zero-order chi connectivity index (χ0) is 19.3. The predicted octanol–water partition coefficient (Wildman–Crippen LogP) is 1.78. The first-order valence-electron chi connectivity index (χ1n) is 7.98. The summed E-state index contributed by atoms with van der Waals surface area (Å²) >= 11 is 6.04. The van der Waals surface area contributed by atoms with Gasteiger partial charge in [-0.1, -0.05) is 11.6 Å². The maximum Gasteiger partial charge on any atom is 0.239 e. The number of aromatic nitrogens is 2. The number of anilines is 2. The van der Waals surface area contributed by atoms with E-state index in [1.54, 1.807) is 0 Å². The van der Waals surface area contributed by atoms with E-state index in [-0.39, 0.29) is 47.0 Å². The minimum absolute atomic E-state index is 0.0257. The van der Waals surface area contributed by atoms with E-state index in [4.69, 9.17) is 11.6 Å². The number of halogens is 1. The average Bonchev–Trinajstić information content (AvgIpc) is 2.41. The quantitative estimate of drug-likeness (QED) is 0.608. The standard InChI is InChI=1S/C16H27ClN6O2/c1-15(2,3)22-11(24)8-18-13-10(17)7-19-14(21-13)20-9-12(25)23-16(4,5)6/h7H,8-9H2,1-6H3,(H,22,24)(H,23,25)(H2,18,19,20,21). The second-order valence-corrected chi connectivity index (χ2v) is 8.10. The molecule has 0 fully saturated rings. The lowest BCUT2D eigenvalue weighted by molar-refractivity contribution is -0.121. The zero-order valence-electron chi connectivity index (χ0n) is 15.6. The zero-order valence-corrected chi connectivity index (χ0v) is 16.3. The Balaban J connectivity index is 2.61. The summed E-state index contributed by atoms with van der Waals surface area (Å²) < 4.78 is 0. The Morgan fingerprint density at radius 3 is 1.92 bits per heavy atom. The highest BCUT2D eigenvalue weighted by atomic mass is 35.5. The largest absolute Gasteiger partial charge is 0.360 e. The van der Waals surface area contributed by atoms with Gasteiger partial charge in [-0.25, -0.2) is 4.98 Å². The van der Waals surface area contributed by atoms with E-state index in [0.717, 1.165) is 0 Å². The van der Waals surface area contributed by atoms with E-state index in [1.807, 2.05) is 41.5 Å². The van der Waals surface area contributed by atoms with Crippen LogP contribution in [0.4, 0.5) is 11.8 Å². The normalized spacial score (nSPS) is 11.6. The minimum atomic E-state index is -0.318. The summed E-state index contributed by atoms with van der Waals surface area (Å²) in [5, 5.41) is 11.6. The van der Waals surface area contributed by atoms with Gasteiger partial charge in [-0.05, 0) is 41.5 Å². The van der Waals surface area contributed by atoms with Crippen molar-refractivity contribution in [2.24, 2.45) is 0 Å². The molecule has 0 aliphatic heterocycles. The molecule has 4 N–H and O–H groups in total. The van der Waals surface area contributed by atoms with Crippen molar-refractivity contribution in [3.8, 4) is 0 Å². The van der Waals surface area contributed by atoms with E-state index in [2.05, 4.69) is 31.2 Å². The average molecular weight is 371 g/mol. The molecule has 1 heterocycles. The third kappa shape index (κ3) is 9.09. The first-order chi connectivity index (χ1) is 11.4. The van der Waals surface area contributed by atoms with Gasteiger partial charge in [0.25, 0.3) is 0 Å². The molecule has 0 spiro atoms. The Bertz CT molecular complexity index is 622. The van der Waals surface area contributed by atoms with Crippen LogP contribution in [0.15, 0.2) is 6.20 Å². The van der Waals surface area contributed by atoms with Crippen molar-refractivity contribution in [2.75, 3.05) is 23.7 Å². The summed E-state index contributed by atoms with van der Waals surface area (Å²) in [6.45, 7) is 11.4. The van der Waals surface area contributed by atoms with Crippen LogP contribution in [0.1, 0.15) is 41.5 Å². The number of hydrogen-bond donors (Lipinski definition) is 4. The Labute approximate surface area is 153 Å². The lowest BCUT2D eigenvalue weighted by atomic mass is 10.1. The first kappa shape index (κ1) is 21.0. The molecule has 25 heavy (non-hydrogen) atoms. The molecule has 0 aromatic carbocycles. The van der Waals surface area contributed by atoms with Crippen molar-refractivity contribution in [2.45, 2.75) is 52.6 Å². The minimum Gasteiger partial charge on any atom is -0.360 e. The molecule has 2 amide bonds. The van der Waals surface area contributed by atoms with Crippen molar-refractivity contribution in [3.63, 3.8) is 0 Å². The van der Waals surface area contributed by atoms with Crippen LogP contribution >= 0.6 is 11.6 Å². The monoisotopic (exact) mass is 370 g/mol. The highest BCUT2D eigenvalue weighted by Gasteiger charge is 2.15. The van der Waals surface area contributed by atoms with E-state index in [9.17, 15) is 9.59 Å². The molecule has 9 heteroatoms. The van der Waals surface area contributed by atoms with Gasteiger partial charge in [0, 0.05) is 11.1 Å². The molecule has 0 saturated carbocycles. The SMILES string of the molecule is CC(C)(C)NC(=O)CNc1ncc(Cl)c(NCC(=O)NC(C)(C)C)n1. The topological polar surface area (TPSA) is 108 Å². The maximum absolute atomic E-state index is 11.8. The second-order valence-electron chi connectivity index (χ2n) is 7.69. The summed E-state index contributed by atoms with van der Waals surface area (Å²) in [7, 11) is 0. The molecule has 0 atom stereocenters. The van der Waals surface area contributed by atoms with Crippen molar-refractivity contribution < 1.29 is 9.59 Å². The van der Waals surface area contributed by atoms with Crippen LogP contribution < -0.4 is 21.3 Å². The van der Waals surface area contributed by atoms with Crippen molar-refractivity contribution in [1.82, 2.24) is 20.6 Å². The number of rotatable bonds is 6. The van der Waals surface area contributed by atoms with Crippen LogP contribution in [-0.2, 0) is 9.59 Å². The van der Waals surface area contributed by atoms with E-state index >= 15 is 0 Å². The van der Waals surface area contributed by atoms with Crippen LogP contribution in [0.5, 0.6) is 0 Å². The van der Waals surface area contributed by atoms with E-state index < -0.39 is 0 Å². The molecule has 1 rings (SSSR count). The number of nitrogens with zero attached hydrogens (tertiary/aromatic N) is 2. The summed E-state index contributed by atoms with van der Waals surface area (Å²) in [5.74, 6) is 0.206. The van der Waals surface area contributed by atoms with Gasteiger partial charge in [0.1, 0.15) is 5.02 Å². The maximum atomic E-state index is 11.8. The van der Waals surface area contributed by atoms with Gasteiger partial charge in [0.05, 0.1) is 19.3 Å². The van der Waals surface area contributed by atoms with Crippen molar-refractivity contribution in [3.05, 3.63) is 11.2 Å². The highest BCUT2D eigenvalue weighted by Crippen LogP contribution is 2.19. The number of amides is 2. The molecule has 8 nitrogen and oxygen atoms in total. The summed E-state index contributed by atoms with van der Waals surface area (Å²) in [6, 6.07) is 0. The second kappa shape index (κ2) is 8.33. The summed E-state index contributed by atoms with van der Waals surface area (Å²) in [6.07, 6.45) is 1.41. The first-order valence-corrected chi connectivity index (χ1v) is 8.36. The van der Waals surface area contributed by atoms with Crippen LogP contribution in [0.3, 0.4) is 0 Å². The molecule has 0 aliphatic rings. The number of hydrogen-bond acceptors (Lipinski definition) is 6. The molecule has 0 unspecified atom stereocenters. The third-order valence-corrected chi connectivity index (χ3v) is 2.87. The van der Waals surface area contributed by atoms with Gasteiger partial charge >= 0.3 is 0 Å². The molecular formula is C16H27ClN6O2. The van der Waals surface area contributed by atoms with Gasteiger partial charge in [-0.2, -0.15) is 4.98 Å². The van der Waals surface area contributed by atoms with Crippen LogP contribution in [-0.4, -0.2) is 45.9 Å². The Morgan fingerprint density at radius 2 is 1.44 bits per heavy atom. The van der Waals surface area contributed by atoms with E-state index in [0.29, 0.717) is 5.82 Å². The Hall–Kier alpha value is -2.09. The number of carbonyl (C=O) groups excluding carboxylic acids is 2.